The lowest BCUT2D eigenvalue weighted by molar-refractivity contribution is -0.255. The third-order valence-corrected chi connectivity index (χ3v) is 13.1. The van der Waals surface area contributed by atoms with E-state index in [-0.39, 0.29) is 49.9 Å². The number of hydrogen-bond acceptors (Lipinski definition) is 10. The molecule has 7 atom stereocenters. The van der Waals surface area contributed by atoms with Crippen LogP contribution in [0.2, 0.25) is 0 Å². The zero-order chi connectivity index (χ0) is 42.9. The molecule has 1 saturated carbocycles. The van der Waals surface area contributed by atoms with E-state index in [9.17, 15) is 15.0 Å². The first-order valence-electron chi connectivity index (χ1n) is 22.2. The Labute approximate surface area is 361 Å². The van der Waals surface area contributed by atoms with Crippen LogP contribution in [0.3, 0.4) is 0 Å². The minimum Gasteiger partial charge on any atom is -0.497 e. The SMILES string of the molecule is C=CCO[C@@]12Oc3ccc(Oc4ccc(C)c(C)c4)cc3[C@H]3[C@H](CCCCO)[C@@H](CCCCO)C=C(C(=NOC4CCCCO4)C[C@@H]1N(C)C(=O)Cc1cccc(OC)c1)[C@H]32. The number of aliphatic hydroxyl groups is 2. The average Bonchev–Trinajstić information content (AvgIpc) is 3.27. The van der Waals surface area contributed by atoms with Crippen molar-refractivity contribution in [3.8, 4) is 23.0 Å². The third kappa shape index (κ3) is 9.86. The molecule has 0 aromatic heterocycles. The van der Waals surface area contributed by atoms with Crippen molar-refractivity contribution in [2.75, 3.05) is 40.6 Å². The van der Waals surface area contributed by atoms with Gasteiger partial charge in [-0.1, -0.05) is 48.3 Å². The zero-order valence-corrected chi connectivity index (χ0v) is 36.4. The lowest BCUT2D eigenvalue weighted by atomic mass is 9.55. The summed E-state index contributed by atoms with van der Waals surface area (Å²) in [5.41, 5.74) is 5.88. The number of nitrogens with zero attached hydrogens (tertiary/aromatic N) is 2. The van der Waals surface area contributed by atoms with Gasteiger partial charge in [0.15, 0.2) is 0 Å². The van der Waals surface area contributed by atoms with Crippen molar-refractivity contribution in [2.24, 2.45) is 22.9 Å². The number of aryl methyl sites for hydroxylation is 2. The van der Waals surface area contributed by atoms with Crippen molar-refractivity contribution >= 4 is 11.6 Å². The number of amides is 1. The van der Waals surface area contributed by atoms with E-state index >= 15 is 0 Å². The Hall–Kier alpha value is -4.68. The molecular formula is C50H64N2O9. The summed E-state index contributed by atoms with van der Waals surface area (Å²) in [5, 5.41) is 24.8. The normalized spacial score (nSPS) is 26.0. The Kier molecular flexibility index (Phi) is 14.9. The molecule has 2 N–H and O–H groups in total. The number of allylic oxidation sites excluding steroid dienone is 1. The third-order valence-electron chi connectivity index (χ3n) is 13.1. The fraction of sp³-hybridized carbons (Fsp3) is 0.520. The highest BCUT2D eigenvalue weighted by Crippen LogP contribution is 2.62. The Bertz CT molecular complexity index is 2040. The van der Waals surface area contributed by atoms with Crippen LogP contribution in [0, 0.1) is 31.6 Å². The van der Waals surface area contributed by atoms with Crippen LogP contribution in [-0.4, -0.2) is 85.4 Å². The summed E-state index contributed by atoms with van der Waals surface area (Å²) in [7, 11) is 3.45. The second-order valence-corrected chi connectivity index (χ2v) is 17.1. The Morgan fingerprint density at radius 2 is 1.75 bits per heavy atom. The van der Waals surface area contributed by atoms with Crippen LogP contribution in [-0.2, 0) is 25.5 Å². The number of rotatable bonds is 19. The van der Waals surface area contributed by atoms with Crippen LogP contribution >= 0.6 is 0 Å². The predicted molar refractivity (Wildman–Crippen MR) is 235 cm³/mol. The summed E-state index contributed by atoms with van der Waals surface area (Å²) in [6, 6.07) is 19.1. The first-order chi connectivity index (χ1) is 29.7. The second kappa shape index (κ2) is 20.5. The molecule has 11 heteroatoms. The number of carbonyl (C=O) groups excluding carboxylic acids is 1. The Morgan fingerprint density at radius 1 is 0.967 bits per heavy atom. The van der Waals surface area contributed by atoms with Gasteiger partial charge in [-0.05, 0) is 129 Å². The van der Waals surface area contributed by atoms with Crippen molar-refractivity contribution < 1.29 is 43.5 Å². The fourth-order valence-corrected chi connectivity index (χ4v) is 9.88. The van der Waals surface area contributed by atoms with Gasteiger partial charge in [-0.25, -0.2) is 0 Å². The molecule has 1 amide bonds. The van der Waals surface area contributed by atoms with Gasteiger partial charge in [0, 0.05) is 44.6 Å². The number of hydrogen-bond donors (Lipinski definition) is 2. The molecule has 3 aromatic carbocycles. The molecule has 328 valence electrons. The van der Waals surface area contributed by atoms with Crippen molar-refractivity contribution in [1.82, 2.24) is 4.90 Å². The number of benzene rings is 3. The summed E-state index contributed by atoms with van der Waals surface area (Å²) >= 11 is 0. The minimum atomic E-state index is -1.35. The minimum absolute atomic E-state index is 0.0885. The highest BCUT2D eigenvalue weighted by molar-refractivity contribution is 6.03. The van der Waals surface area contributed by atoms with E-state index in [1.165, 1.54) is 5.56 Å². The molecule has 61 heavy (non-hydrogen) atoms. The second-order valence-electron chi connectivity index (χ2n) is 17.1. The molecule has 7 rings (SSSR count). The first kappa shape index (κ1) is 44.4. The largest absolute Gasteiger partial charge is 0.497 e. The molecule has 11 nitrogen and oxygen atoms in total. The summed E-state index contributed by atoms with van der Waals surface area (Å²) < 4.78 is 32.5. The lowest BCUT2D eigenvalue weighted by Crippen LogP contribution is -2.69. The van der Waals surface area contributed by atoms with Crippen LogP contribution < -0.4 is 14.2 Å². The smallest absolute Gasteiger partial charge is 0.239 e. The van der Waals surface area contributed by atoms with Gasteiger partial charge in [0.1, 0.15) is 29.0 Å². The topological polar surface area (TPSA) is 129 Å². The van der Waals surface area contributed by atoms with Crippen LogP contribution in [0.5, 0.6) is 23.0 Å². The van der Waals surface area contributed by atoms with Crippen molar-refractivity contribution in [3.63, 3.8) is 0 Å². The maximum atomic E-state index is 14.6. The van der Waals surface area contributed by atoms with E-state index in [0.29, 0.717) is 43.1 Å². The van der Waals surface area contributed by atoms with E-state index in [2.05, 4.69) is 44.7 Å². The number of fused-ring (bicyclic) bond motifs is 2. The van der Waals surface area contributed by atoms with Crippen LogP contribution in [0.4, 0.5) is 0 Å². The number of oxime groups is 1. The average molecular weight is 837 g/mol. The van der Waals surface area contributed by atoms with Crippen molar-refractivity contribution in [3.05, 3.63) is 107 Å². The van der Waals surface area contributed by atoms with E-state index < -0.39 is 24.0 Å². The summed E-state index contributed by atoms with van der Waals surface area (Å²) in [5.74, 6) is 0.937. The molecule has 0 bridgehead atoms. The molecule has 2 aliphatic heterocycles. The zero-order valence-electron chi connectivity index (χ0n) is 36.4. The van der Waals surface area contributed by atoms with Gasteiger partial charge in [-0.15, -0.1) is 6.58 Å². The van der Waals surface area contributed by atoms with Gasteiger partial charge < -0.3 is 43.6 Å². The number of likely N-dealkylation sites (N-methyl/N-ethyl adjacent to an activating group) is 1. The van der Waals surface area contributed by atoms with Crippen LogP contribution in [0.1, 0.15) is 92.4 Å². The van der Waals surface area contributed by atoms with Gasteiger partial charge in [0.25, 0.3) is 0 Å². The monoisotopic (exact) mass is 836 g/mol. The van der Waals surface area contributed by atoms with E-state index in [4.69, 9.17) is 33.7 Å². The highest BCUT2D eigenvalue weighted by Gasteiger charge is 2.65. The van der Waals surface area contributed by atoms with Gasteiger partial charge >= 0.3 is 0 Å². The molecule has 1 unspecified atom stereocenters. The summed E-state index contributed by atoms with van der Waals surface area (Å²) in [4.78, 5) is 22.6. The Morgan fingerprint density at radius 3 is 2.49 bits per heavy atom. The van der Waals surface area contributed by atoms with E-state index in [1.807, 2.05) is 49.5 Å². The van der Waals surface area contributed by atoms with Gasteiger partial charge in [-0.3, -0.25) is 4.79 Å². The van der Waals surface area contributed by atoms with Gasteiger partial charge in [0.05, 0.1) is 38.4 Å². The van der Waals surface area contributed by atoms with Crippen molar-refractivity contribution in [1.29, 1.82) is 0 Å². The molecule has 2 heterocycles. The highest BCUT2D eigenvalue weighted by atomic mass is 16.8. The van der Waals surface area contributed by atoms with E-state index in [1.54, 1.807) is 18.1 Å². The number of methoxy groups -OCH3 is 1. The lowest BCUT2D eigenvalue weighted by Gasteiger charge is -2.59. The molecule has 2 aliphatic carbocycles. The molecular weight excluding hydrogens is 773 g/mol. The summed E-state index contributed by atoms with van der Waals surface area (Å²) in [6.45, 7) is 9.24. The maximum Gasteiger partial charge on any atom is 0.239 e. The Balaban J connectivity index is 1.40. The molecule has 2 fully saturated rings. The van der Waals surface area contributed by atoms with Crippen LogP contribution in [0.15, 0.2) is 90.1 Å². The first-order valence-corrected chi connectivity index (χ1v) is 22.2. The quantitative estimate of drug-likeness (QED) is 0.0691. The number of ether oxygens (including phenoxy) is 5. The molecule has 0 spiro atoms. The molecule has 3 aromatic rings. The van der Waals surface area contributed by atoms with Gasteiger partial charge in [0.2, 0.25) is 18.0 Å². The fourth-order valence-electron chi connectivity index (χ4n) is 9.88. The molecule has 1 saturated heterocycles. The predicted octanol–water partition coefficient (Wildman–Crippen LogP) is 8.97. The molecule has 0 radical (unpaired) electrons. The number of aliphatic hydroxyl groups excluding tert-OH is 2. The number of unbranched alkanes of at least 4 members (excludes halogenated alkanes) is 2. The summed E-state index contributed by atoms with van der Waals surface area (Å²) in [6.07, 6.45) is 11.5. The van der Waals surface area contributed by atoms with Gasteiger partial charge in [-0.2, -0.15) is 0 Å². The van der Waals surface area contributed by atoms with Crippen LogP contribution in [0.25, 0.3) is 0 Å². The van der Waals surface area contributed by atoms with Crippen molar-refractivity contribution in [2.45, 2.75) is 109 Å². The van der Waals surface area contributed by atoms with E-state index in [0.717, 1.165) is 78.7 Å². The molecule has 4 aliphatic rings. The number of carbonyl (C=O) groups is 1. The standard InChI is InChI=1S/C50H64N2O9/c1-6-25-58-50-45(52(4)46(55)29-35-14-13-16-37(28-35)56-5)32-43(51-61-47-18-9-12-26-57-47)41-30-36(15-7-10-23-53)40(17-8-11-24-54)48(49(41)50)42-31-39(21-22-44(42)60-50)59-38-20-19-33(2)34(3)27-38/h6,13-14,16,19-22,27-28,30-31,36,40,45,47-49,53-54H,1,7-12,15,17-18,23-26,29,32H2,2-5H3/t36-,40+,45-,47?,48+,49+,50+/m0/s1. The maximum absolute atomic E-state index is 14.6.